The molecule has 2 aromatic heterocycles. The van der Waals surface area contributed by atoms with Crippen LogP contribution >= 0.6 is 11.6 Å². The number of ether oxygens (including phenoxy) is 2. The van der Waals surface area contributed by atoms with E-state index in [4.69, 9.17) is 25.5 Å². The monoisotopic (exact) mass is 389 g/mol. The summed E-state index contributed by atoms with van der Waals surface area (Å²) >= 11 is 6.09. The van der Waals surface area contributed by atoms with Crippen molar-refractivity contribution in [3.63, 3.8) is 0 Å². The lowest BCUT2D eigenvalue weighted by Gasteiger charge is -2.16. The van der Waals surface area contributed by atoms with E-state index < -0.39 is 0 Å². The summed E-state index contributed by atoms with van der Waals surface area (Å²) in [5.41, 5.74) is 0.751. The van der Waals surface area contributed by atoms with E-state index in [0.717, 1.165) is 5.69 Å². The van der Waals surface area contributed by atoms with Crippen LogP contribution in [0.5, 0.6) is 11.5 Å². The Kier molecular flexibility index (Phi) is 5.71. The molecular weight excluding hydrogens is 370 g/mol. The second-order valence-corrected chi connectivity index (χ2v) is 6.36. The van der Waals surface area contributed by atoms with Crippen molar-refractivity contribution < 1.29 is 18.7 Å². The van der Waals surface area contributed by atoms with E-state index in [0.29, 0.717) is 28.8 Å². The number of aromatic nitrogens is 2. The average molecular weight is 390 g/mol. The van der Waals surface area contributed by atoms with Crippen LogP contribution in [0.25, 0.3) is 0 Å². The topological polar surface area (TPSA) is 69.7 Å². The summed E-state index contributed by atoms with van der Waals surface area (Å²) in [6.45, 7) is 0.530. The fourth-order valence-corrected chi connectivity index (χ4v) is 2.74. The zero-order valence-corrected chi connectivity index (χ0v) is 16.1. The summed E-state index contributed by atoms with van der Waals surface area (Å²) in [4.78, 5) is 14.1. The van der Waals surface area contributed by atoms with Crippen LogP contribution in [0.15, 0.2) is 47.0 Å². The van der Waals surface area contributed by atoms with Crippen molar-refractivity contribution in [2.24, 2.45) is 7.05 Å². The number of carbonyl (C=O) groups excluding carboxylic acids is 1. The SMILES string of the molecule is COc1cccc(OCc2ccc(C(=O)N(C)Cc3c(Cl)cnn3C)o2)c1. The lowest BCUT2D eigenvalue weighted by Crippen LogP contribution is -2.27. The van der Waals surface area contributed by atoms with Crippen molar-refractivity contribution >= 4 is 17.5 Å². The van der Waals surface area contributed by atoms with Gasteiger partial charge in [0.1, 0.15) is 23.9 Å². The minimum atomic E-state index is -0.250. The fourth-order valence-electron chi connectivity index (χ4n) is 2.51. The van der Waals surface area contributed by atoms with Crippen LogP contribution in [-0.2, 0) is 20.2 Å². The molecule has 8 heteroatoms. The molecule has 0 spiro atoms. The van der Waals surface area contributed by atoms with E-state index in [1.165, 1.54) is 4.90 Å². The van der Waals surface area contributed by atoms with Crippen molar-refractivity contribution in [3.05, 3.63) is 64.8 Å². The number of carbonyl (C=O) groups is 1. The van der Waals surface area contributed by atoms with Gasteiger partial charge < -0.3 is 18.8 Å². The number of methoxy groups -OCH3 is 1. The number of hydrogen-bond donors (Lipinski definition) is 0. The molecule has 2 heterocycles. The number of aryl methyl sites for hydroxylation is 1. The Morgan fingerprint density at radius 3 is 2.78 bits per heavy atom. The molecule has 0 atom stereocenters. The largest absolute Gasteiger partial charge is 0.497 e. The standard InChI is InChI=1S/C19H20ClN3O4/c1-22(11-17-16(20)10-21-23(17)2)19(24)18-8-7-15(27-18)12-26-14-6-4-5-13(9-14)25-3/h4-10H,11-12H2,1-3H3. The minimum absolute atomic E-state index is 0.206. The van der Waals surface area contributed by atoms with E-state index >= 15 is 0 Å². The first kappa shape index (κ1) is 18.8. The molecule has 3 aromatic rings. The lowest BCUT2D eigenvalue weighted by atomic mass is 10.3. The van der Waals surface area contributed by atoms with Crippen LogP contribution in [-0.4, -0.2) is 34.7 Å². The zero-order chi connectivity index (χ0) is 19.4. The Bertz CT molecular complexity index is 915. The van der Waals surface area contributed by atoms with Crippen LogP contribution < -0.4 is 9.47 Å². The van der Waals surface area contributed by atoms with Crippen molar-refractivity contribution in [2.75, 3.05) is 14.2 Å². The molecule has 0 unspecified atom stereocenters. The van der Waals surface area contributed by atoms with Crippen molar-refractivity contribution in [1.29, 1.82) is 0 Å². The molecule has 0 bridgehead atoms. The first-order valence-electron chi connectivity index (χ1n) is 8.25. The predicted molar refractivity (Wildman–Crippen MR) is 100 cm³/mol. The summed E-state index contributed by atoms with van der Waals surface area (Å²) in [5.74, 6) is 1.90. The van der Waals surface area contributed by atoms with Crippen molar-refractivity contribution in [3.8, 4) is 11.5 Å². The van der Waals surface area contributed by atoms with Gasteiger partial charge in [-0.15, -0.1) is 0 Å². The molecule has 0 aliphatic carbocycles. The number of hydrogen-bond acceptors (Lipinski definition) is 5. The summed E-state index contributed by atoms with van der Waals surface area (Å²) < 4.78 is 18.1. The second kappa shape index (κ2) is 8.18. The van der Waals surface area contributed by atoms with Gasteiger partial charge in [0.05, 0.1) is 30.6 Å². The molecule has 0 aliphatic heterocycles. The molecule has 1 amide bonds. The van der Waals surface area contributed by atoms with Crippen LogP contribution in [0.2, 0.25) is 5.02 Å². The predicted octanol–water partition coefficient (Wildman–Crippen LogP) is 3.53. The van der Waals surface area contributed by atoms with Crippen LogP contribution in [0.1, 0.15) is 22.0 Å². The van der Waals surface area contributed by atoms with Gasteiger partial charge in [-0.1, -0.05) is 17.7 Å². The molecule has 0 aliphatic rings. The first-order chi connectivity index (χ1) is 13.0. The highest BCUT2D eigenvalue weighted by molar-refractivity contribution is 6.31. The molecule has 0 N–H and O–H groups in total. The van der Waals surface area contributed by atoms with Gasteiger partial charge in [0.15, 0.2) is 5.76 Å². The Labute approximate surface area is 162 Å². The first-order valence-corrected chi connectivity index (χ1v) is 8.63. The third-order valence-corrected chi connectivity index (χ3v) is 4.35. The number of halogens is 1. The maximum Gasteiger partial charge on any atom is 0.289 e. The molecule has 0 saturated carbocycles. The summed E-state index contributed by atoms with van der Waals surface area (Å²) in [6, 6.07) is 10.6. The van der Waals surface area contributed by atoms with Crippen LogP contribution in [0, 0.1) is 0 Å². The average Bonchev–Trinajstić information content (AvgIpc) is 3.28. The molecule has 0 radical (unpaired) electrons. The molecule has 27 heavy (non-hydrogen) atoms. The highest BCUT2D eigenvalue weighted by atomic mass is 35.5. The molecule has 0 fully saturated rings. The maximum absolute atomic E-state index is 12.6. The maximum atomic E-state index is 12.6. The molecule has 1 aromatic carbocycles. The third-order valence-electron chi connectivity index (χ3n) is 4.04. The smallest absolute Gasteiger partial charge is 0.289 e. The van der Waals surface area contributed by atoms with Crippen LogP contribution in [0.4, 0.5) is 0 Å². The van der Waals surface area contributed by atoms with Gasteiger partial charge in [-0.05, 0) is 24.3 Å². The van der Waals surface area contributed by atoms with Crippen molar-refractivity contribution in [2.45, 2.75) is 13.2 Å². The number of rotatable bonds is 7. The second-order valence-electron chi connectivity index (χ2n) is 5.96. The summed E-state index contributed by atoms with van der Waals surface area (Å²) in [5, 5.41) is 4.59. The molecule has 7 nitrogen and oxygen atoms in total. The van der Waals surface area contributed by atoms with Crippen molar-refractivity contribution in [1.82, 2.24) is 14.7 Å². The normalized spacial score (nSPS) is 10.7. The Morgan fingerprint density at radius 2 is 2.07 bits per heavy atom. The Balaban J connectivity index is 1.61. The van der Waals surface area contributed by atoms with E-state index in [-0.39, 0.29) is 18.3 Å². The lowest BCUT2D eigenvalue weighted by molar-refractivity contribution is 0.0746. The van der Waals surface area contributed by atoms with Gasteiger partial charge in [0, 0.05) is 20.2 Å². The Hall–Kier alpha value is -2.93. The zero-order valence-electron chi connectivity index (χ0n) is 15.3. The molecular formula is C19H20ClN3O4. The number of amides is 1. The fraction of sp³-hybridized carbons (Fsp3) is 0.263. The molecule has 3 rings (SSSR count). The van der Waals surface area contributed by atoms with E-state index in [9.17, 15) is 4.79 Å². The number of nitrogens with zero attached hydrogens (tertiary/aromatic N) is 3. The van der Waals surface area contributed by atoms with E-state index in [1.54, 1.807) is 50.3 Å². The van der Waals surface area contributed by atoms with Gasteiger partial charge in [-0.3, -0.25) is 9.48 Å². The van der Waals surface area contributed by atoms with Crippen LogP contribution in [0.3, 0.4) is 0 Å². The highest BCUT2D eigenvalue weighted by Gasteiger charge is 2.19. The van der Waals surface area contributed by atoms with E-state index in [2.05, 4.69) is 5.10 Å². The van der Waals surface area contributed by atoms with Gasteiger partial charge in [-0.2, -0.15) is 5.10 Å². The van der Waals surface area contributed by atoms with Gasteiger partial charge in [0.2, 0.25) is 0 Å². The van der Waals surface area contributed by atoms with E-state index in [1.807, 2.05) is 18.2 Å². The van der Waals surface area contributed by atoms with Gasteiger partial charge >= 0.3 is 0 Å². The third kappa shape index (κ3) is 4.43. The van der Waals surface area contributed by atoms with Gasteiger partial charge in [-0.25, -0.2) is 0 Å². The molecule has 0 saturated heterocycles. The number of benzene rings is 1. The highest BCUT2D eigenvalue weighted by Crippen LogP contribution is 2.21. The Morgan fingerprint density at radius 1 is 1.30 bits per heavy atom. The summed E-state index contributed by atoms with van der Waals surface area (Å²) in [7, 11) is 5.06. The number of furan rings is 1. The summed E-state index contributed by atoms with van der Waals surface area (Å²) in [6.07, 6.45) is 1.55. The minimum Gasteiger partial charge on any atom is -0.497 e. The molecule has 142 valence electrons. The van der Waals surface area contributed by atoms with Gasteiger partial charge in [0.25, 0.3) is 5.91 Å². The quantitative estimate of drug-likeness (QED) is 0.618.